The van der Waals surface area contributed by atoms with Crippen LogP contribution in [-0.4, -0.2) is 36.9 Å². The van der Waals surface area contributed by atoms with Gasteiger partial charge >= 0.3 is 0 Å². The van der Waals surface area contributed by atoms with Crippen molar-refractivity contribution in [2.45, 2.75) is 52.2 Å². The van der Waals surface area contributed by atoms with Gasteiger partial charge in [-0.3, -0.25) is 0 Å². The first-order valence-electron chi connectivity index (χ1n) is 7.78. The molecule has 21 heavy (non-hydrogen) atoms. The van der Waals surface area contributed by atoms with Crippen molar-refractivity contribution in [3.05, 3.63) is 17.5 Å². The maximum Gasteiger partial charge on any atom is 0.191 e. The standard InChI is InChI=1S/C15H26N4O2/c1-4-16-15(17-9-12-6-5-7-20-12)18-10-13-8-14(11(2)3)19-21-13/h8,11-12H,4-7,9-10H2,1-3H3,(H2,16,17,18). The molecule has 1 unspecified atom stereocenters. The van der Waals surface area contributed by atoms with E-state index in [1.807, 2.05) is 6.07 Å². The number of hydrogen-bond acceptors (Lipinski definition) is 4. The first-order chi connectivity index (χ1) is 10.2. The Morgan fingerprint density at radius 2 is 2.33 bits per heavy atom. The fourth-order valence-corrected chi connectivity index (χ4v) is 2.19. The highest BCUT2D eigenvalue weighted by Gasteiger charge is 2.15. The lowest BCUT2D eigenvalue weighted by Gasteiger charge is -2.14. The Morgan fingerprint density at radius 1 is 1.48 bits per heavy atom. The van der Waals surface area contributed by atoms with Gasteiger partial charge in [0, 0.05) is 25.8 Å². The van der Waals surface area contributed by atoms with Gasteiger partial charge in [0.2, 0.25) is 0 Å². The summed E-state index contributed by atoms with van der Waals surface area (Å²) < 4.78 is 10.9. The molecule has 0 radical (unpaired) electrons. The average Bonchev–Trinajstić information content (AvgIpc) is 3.13. The van der Waals surface area contributed by atoms with Crippen molar-refractivity contribution >= 4 is 5.96 Å². The summed E-state index contributed by atoms with van der Waals surface area (Å²) in [4.78, 5) is 4.52. The SMILES string of the molecule is CCNC(=NCc1cc(C(C)C)no1)NCC1CCCO1. The molecule has 1 aromatic heterocycles. The van der Waals surface area contributed by atoms with E-state index in [1.165, 1.54) is 0 Å². The Bertz CT molecular complexity index is 450. The van der Waals surface area contributed by atoms with Crippen LogP contribution in [0.4, 0.5) is 0 Å². The summed E-state index contributed by atoms with van der Waals surface area (Å²) in [5.41, 5.74) is 0.970. The fraction of sp³-hybridized carbons (Fsp3) is 0.733. The van der Waals surface area contributed by atoms with E-state index < -0.39 is 0 Å². The summed E-state index contributed by atoms with van der Waals surface area (Å²) in [7, 11) is 0. The summed E-state index contributed by atoms with van der Waals surface area (Å²) >= 11 is 0. The van der Waals surface area contributed by atoms with E-state index in [4.69, 9.17) is 9.26 Å². The third kappa shape index (κ3) is 5.04. The van der Waals surface area contributed by atoms with Crippen molar-refractivity contribution in [1.29, 1.82) is 0 Å². The minimum absolute atomic E-state index is 0.298. The third-order valence-electron chi connectivity index (χ3n) is 3.43. The molecule has 1 aliphatic heterocycles. The first kappa shape index (κ1) is 15.8. The molecule has 6 nitrogen and oxygen atoms in total. The summed E-state index contributed by atoms with van der Waals surface area (Å²) in [6.07, 6.45) is 2.56. The third-order valence-corrected chi connectivity index (χ3v) is 3.43. The Labute approximate surface area is 126 Å². The highest BCUT2D eigenvalue weighted by molar-refractivity contribution is 5.79. The van der Waals surface area contributed by atoms with Gasteiger partial charge in [0.1, 0.15) is 6.54 Å². The van der Waals surface area contributed by atoms with Crippen molar-refractivity contribution in [2.75, 3.05) is 19.7 Å². The molecule has 0 bridgehead atoms. The van der Waals surface area contributed by atoms with Gasteiger partial charge < -0.3 is 19.9 Å². The van der Waals surface area contributed by atoms with E-state index in [1.54, 1.807) is 0 Å². The van der Waals surface area contributed by atoms with Crippen LogP contribution in [0.2, 0.25) is 0 Å². The quantitative estimate of drug-likeness (QED) is 0.620. The lowest BCUT2D eigenvalue weighted by Crippen LogP contribution is -2.41. The lowest BCUT2D eigenvalue weighted by molar-refractivity contribution is 0.114. The monoisotopic (exact) mass is 294 g/mol. The number of nitrogens with one attached hydrogen (secondary N) is 2. The van der Waals surface area contributed by atoms with Crippen molar-refractivity contribution in [3.63, 3.8) is 0 Å². The van der Waals surface area contributed by atoms with Gasteiger partial charge in [0.05, 0.1) is 11.8 Å². The molecule has 2 N–H and O–H groups in total. The summed E-state index contributed by atoms with van der Waals surface area (Å²) in [6.45, 7) is 9.21. The number of ether oxygens (including phenoxy) is 1. The van der Waals surface area contributed by atoms with Gasteiger partial charge in [0.15, 0.2) is 11.7 Å². The second-order valence-corrected chi connectivity index (χ2v) is 5.58. The molecule has 2 rings (SSSR count). The summed E-state index contributed by atoms with van der Waals surface area (Å²) in [5, 5.41) is 10.6. The molecule has 1 aromatic rings. The molecular formula is C15H26N4O2. The van der Waals surface area contributed by atoms with Crippen LogP contribution in [0, 0.1) is 0 Å². The number of aromatic nitrogens is 1. The lowest BCUT2D eigenvalue weighted by atomic mass is 10.1. The van der Waals surface area contributed by atoms with E-state index in [0.29, 0.717) is 18.6 Å². The number of aliphatic imine (C=N–C) groups is 1. The van der Waals surface area contributed by atoms with E-state index >= 15 is 0 Å². The van der Waals surface area contributed by atoms with Crippen molar-refractivity contribution in [2.24, 2.45) is 4.99 Å². The van der Waals surface area contributed by atoms with E-state index in [9.17, 15) is 0 Å². The minimum Gasteiger partial charge on any atom is -0.376 e. The van der Waals surface area contributed by atoms with Crippen molar-refractivity contribution in [3.8, 4) is 0 Å². The number of guanidine groups is 1. The highest BCUT2D eigenvalue weighted by Crippen LogP contribution is 2.14. The van der Waals surface area contributed by atoms with Gasteiger partial charge in [-0.2, -0.15) is 0 Å². The molecule has 0 aromatic carbocycles. The van der Waals surface area contributed by atoms with Gasteiger partial charge in [0.25, 0.3) is 0 Å². The largest absolute Gasteiger partial charge is 0.376 e. The van der Waals surface area contributed by atoms with Crippen LogP contribution in [0.15, 0.2) is 15.6 Å². The molecule has 0 spiro atoms. The molecule has 118 valence electrons. The highest BCUT2D eigenvalue weighted by atomic mass is 16.5. The molecule has 1 atom stereocenters. The maximum absolute atomic E-state index is 5.60. The maximum atomic E-state index is 5.60. The van der Waals surface area contributed by atoms with Crippen molar-refractivity contribution in [1.82, 2.24) is 15.8 Å². The molecule has 1 aliphatic rings. The Morgan fingerprint density at radius 3 is 2.95 bits per heavy atom. The smallest absolute Gasteiger partial charge is 0.191 e. The van der Waals surface area contributed by atoms with Crippen LogP contribution in [0.5, 0.6) is 0 Å². The summed E-state index contributed by atoms with van der Waals surface area (Å²) in [6, 6.07) is 1.97. The Hall–Kier alpha value is -1.56. The molecule has 6 heteroatoms. The van der Waals surface area contributed by atoms with Crippen molar-refractivity contribution < 1.29 is 9.26 Å². The predicted octanol–water partition coefficient (Wildman–Crippen LogP) is 2.03. The molecule has 1 fully saturated rings. The number of hydrogen-bond donors (Lipinski definition) is 2. The molecule has 0 amide bonds. The van der Waals surface area contributed by atoms with Crippen LogP contribution in [0.1, 0.15) is 51.0 Å². The fourth-order valence-electron chi connectivity index (χ4n) is 2.19. The van der Waals surface area contributed by atoms with Gasteiger partial charge in [-0.15, -0.1) is 0 Å². The topological polar surface area (TPSA) is 71.7 Å². The zero-order valence-corrected chi connectivity index (χ0v) is 13.2. The minimum atomic E-state index is 0.298. The molecule has 0 aliphatic carbocycles. The Balaban J connectivity index is 1.86. The number of nitrogens with zero attached hydrogens (tertiary/aromatic N) is 2. The zero-order valence-electron chi connectivity index (χ0n) is 13.2. The second kappa shape index (κ2) is 8.02. The normalized spacial score (nSPS) is 19.2. The molecule has 1 saturated heterocycles. The van der Waals surface area contributed by atoms with Gasteiger partial charge in [-0.1, -0.05) is 19.0 Å². The van der Waals surface area contributed by atoms with E-state index in [2.05, 4.69) is 41.6 Å². The molecular weight excluding hydrogens is 268 g/mol. The second-order valence-electron chi connectivity index (χ2n) is 5.58. The predicted molar refractivity (Wildman–Crippen MR) is 82.4 cm³/mol. The summed E-state index contributed by atoms with van der Waals surface area (Å²) in [5.74, 6) is 1.95. The van der Waals surface area contributed by atoms with Crippen LogP contribution in [0.3, 0.4) is 0 Å². The van der Waals surface area contributed by atoms with Crippen LogP contribution >= 0.6 is 0 Å². The Kier molecular flexibility index (Phi) is 6.04. The number of rotatable bonds is 6. The van der Waals surface area contributed by atoms with Crippen LogP contribution < -0.4 is 10.6 Å². The van der Waals surface area contributed by atoms with Crippen LogP contribution in [0.25, 0.3) is 0 Å². The molecule has 0 saturated carbocycles. The van der Waals surface area contributed by atoms with Gasteiger partial charge in [-0.25, -0.2) is 4.99 Å². The zero-order chi connectivity index (χ0) is 15.1. The van der Waals surface area contributed by atoms with E-state index in [-0.39, 0.29) is 0 Å². The first-order valence-corrected chi connectivity index (χ1v) is 7.78. The average molecular weight is 294 g/mol. The van der Waals surface area contributed by atoms with Gasteiger partial charge in [-0.05, 0) is 25.7 Å². The molecule has 2 heterocycles. The van der Waals surface area contributed by atoms with Crippen LogP contribution in [-0.2, 0) is 11.3 Å². The van der Waals surface area contributed by atoms with E-state index in [0.717, 1.165) is 50.0 Å².